The van der Waals surface area contributed by atoms with Gasteiger partial charge < -0.3 is 5.32 Å². The van der Waals surface area contributed by atoms with Crippen molar-refractivity contribution in [3.05, 3.63) is 35.6 Å². The number of hydrogen-bond acceptors (Lipinski definition) is 4. The number of halogens is 1. The van der Waals surface area contributed by atoms with Gasteiger partial charge in [0.25, 0.3) is 0 Å². The largest absolute Gasteiger partial charge is 0.351 e. The molecule has 7 heteroatoms. The summed E-state index contributed by atoms with van der Waals surface area (Å²) in [6.07, 6.45) is 0.471. The molecule has 1 saturated heterocycles. The van der Waals surface area contributed by atoms with Crippen LogP contribution in [-0.2, 0) is 20.4 Å². The van der Waals surface area contributed by atoms with Gasteiger partial charge in [-0.15, -0.1) is 11.8 Å². The molecule has 1 fully saturated rings. The number of sulfone groups is 1. The molecule has 0 unspecified atom stereocenters. The van der Waals surface area contributed by atoms with Gasteiger partial charge in [0.2, 0.25) is 5.91 Å². The molecule has 2 atom stereocenters. The van der Waals surface area contributed by atoms with E-state index in [0.717, 1.165) is 0 Å². The first-order chi connectivity index (χ1) is 9.87. The van der Waals surface area contributed by atoms with E-state index in [-0.39, 0.29) is 34.5 Å². The smallest absolute Gasteiger partial charge is 0.233 e. The molecule has 0 aromatic heterocycles. The summed E-state index contributed by atoms with van der Waals surface area (Å²) in [5.74, 6) is 0.0838. The van der Waals surface area contributed by atoms with Crippen molar-refractivity contribution in [1.82, 2.24) is 5.32 Å². The Morgan fingerprint density at radius 2 is 2.19 bits per heavy atom. The molecule has 1 heterocycles. The predicted octanol–water partition coefficient (Wildman–Crippen LogP) is 1.75. The van der Waals surface area contributed by atoms with E-state index in [4.69, 9.17) is 0 Å². The third-order valence-corrected chi connectivity index (χ3v) is 6.35. The van der Waals surface area contributed by atoms with Crippen LogP contribution in [-0.4, -0.2) is 37.1 Å². The SMILES string of the molecule is C[C@@H](SCc1ccccc1F)C(=O)N[C@H]1CCS(=O)(=O)C1. The summed E-state index contributed by atoms with van der Waals surface area (Å²) in [6.45, 7) is 1.74. The van der Waals surface area contributed by atoms with Gasteiger partial charge in [0, 0.05) is 11.8 Å². The van der Waals surface area contributed by atoms with E-state index in [1.54, 1.807) is 25.1 Å². The van der Waals surface area contributed by atoms with Gasteiger partial charge in [-0.2, -0.15) is 0 Å². The number of hydrogen-bond donors (Lipinski definition) is 1. The van der Waals surface area contributed by atoms with Gasteiger partial charge in [-0.05, 0) is 25.0 Å². The maximum atomic E-state index is 13.5. The third kappa shape index (κ3) is 4.71. The van der Waals surface area contributed by atoms with Crippen LogP contribution in [0.3, 0.4) is 0 Å². The van der Waals surface area contributed by atoms with Crippen molar-refractivity contribution in [2.75, 3.05) is 11.5 Å². The number of carbonyl (C=O) groups is 1. The Labute approximate surface area is 128 Å². The Balaban J connectivity index is 1.82. The number of carbonyl (C=O) groups excluding carboxylic acids is 1. The monoisotopic (exact) mass is 331 g/mol. The third-order valence-electron chi connectivity index (χ3n) is 3.39. The summed E-state index contributed by atoms with van der Waals surface area (Å²) in [7, 11) is -3.00. The zero-order valence-electron chi connectivity index (χ0n) is 11.7. The number of nitrogens with one attached hydrogen (secondary N) is 1. The molecule has 0 saturated carbocycles. The van der Waals surface area contributed by atoms with Gasteiger partial charge >= 0.3 is 0 Å². The van der Waals surface area contributed by atoms with E-state index in [1.807, 2.05) is 0 Å². The molecule has 1 aliphatic rings. The van der Waals surface area contributed by atoms with Crippen LogP contribution in [0.4, 0.5) is 4.39 Å². The highest BCUT2D eigenvalue weighted by atomic mass is 32.2. The fraction of sp³-hybridized carbons (Fsp3) is 0.500. The van der Waals surface area contributed by atoms with Crippen molar-refractivity contribution in [2.45, 2.75) is 30.4 Å². The van der Waals surface area contributed by atoms with Gasteiger partial charge in [-0.25, -0.2) is 12.8 Å². The molecule has 1 aromatic carbocycles. The van der Waals surface area contributed by atoms with Crippen LogP contribution in [0.5, 0.6) is 0 Å². The normalized spacial score (nSPS) is 21.9. The van der Waals surface area contributed by atoms with Crippen LogP contribution < -0.4 is 5.32 Å². The fourth-order valence-electron chi connectivity index (χ4n) is 2.13. The fourth-order valence-corrected chi connectivity index (χ4v) is 4.69. The lowest BCUT2D eigenvalue weighted by molar-refractivity contribution is -0.120. The maximum absolute atomic E-state index is 13.5. The number of amides is 1. The zero-order valence-corrected chi connectivity index (χ0v) is 13.3. The average molecular weight is 331 g/mol. The molecule has 0 spiro atoms. The van der Waals surface area contributed by atoms with Gasteiger partial charge in [0.1, 0.15) is 5.82 Å². The average Bonchev–Trinajstić information content (AvgIpc) is 2.76. The van der Waals surface area contributed by atoms with Crippen molar-refractivity contribution in [3.63, 3.8) is 0 Å². The van der Waals surface area contributed by atoms with Crippen LogP contribution in [0.1, 0.15) is 18.9 Å². The standard InChI is InChI=1S/C14H18FNO3S2/c1-10(20-8-11-4-2-3-5-13(11)15)14(17)16-12-6-7-21(18,19)9-12/h2-5,10,12H,6-9H2,1H3,(H,16,17)/t10-,12+/m1/s1. The summed E-state index contributed by atoms with van der Waals surface area (Å²) >= 11 is 1.33. The van der Waals surface area contributed by atoms with E-state index < -0.39 is 9.84 Å². The predicted molar refractivity (Wildman–Crippen MR) is 82.4 cm³/mol. The van der Waals surface area contributed by atoms with Crippen molar-refractivity contribution in [2.24, 2.45) is 0 Å². The molecule has 21 heavy (non-hydrogen) atoms. The second kappa shape index (κ2) is 6.79. The van der Waals surface area contributed by atoms with Crippen LogP contribution in [0.25, 0.3) is 0 Å². The molecular formula is C14H18FNO3S2. The Bertz CT molecular complexity index is 618. The van der Waals surface area contributed by atoms with Crippen molar-refractivity contribution in [1.29, 1.82) is 0 Å². The van der Waals surface area contributed by atoms with Crippen molar-refractivity contribution in [3.8, 4) is 0 Å². The minimum Gasteiger partial charge on any atom is -0.351 e. The minimum absolute atomic E-state index is 0.0173. The van der Waals surface area contributed by atoms with Crippen LogP contribution in [0.2, 0.25) is 0 Å². The number of benzene rings is 1. The topological polar surface area (TPSA) is 63.2 Å². The Kier molecular flexibility index (Phi) is 5.27. The van der Waals surface area contributed by atoms with E-state index in [0.29, 0.717) is 17.7 Å². The maximum Gasteiger partial charge on any atom is 0.233 e. The summed E-state index contributed by atoms with van der Waals surface area (Å²) in [5.41, 5.74) is 0.561. The summed E-state index contributed by atoms with van der Waals surface area (Å²) in [6, 6.07) is 6.17. The number of thioether (sulfide) groups is 1. The Hall–Kier alpha value is -1.08. The highest BCUT2D eigenvalue weighted by Crippen LogP contribution is 2.20. The zero-order chi connectivity index (χ0) is 15.5. The van der Waals surface area contributed by atoms with E-state index in [2.05, 4.69) is 5.32 Å². The Morgan fingerprint density at radius 1 is 1.48 bits per heavy atom. The molecule has 0 aliphatic carbocycles. The second-order valence-electron chi connectivity index (χ2n) is 5.15. The van der Waals surface area contributed by atoms with Gasteiger partial charge in [-0.1, -0.05) is 18.2 Å². The molecule has 1 amide bonds. The van der Waals surface area contributed by atoms with E-state index in [1.165, 1.54) is 17.8 Å². The lowest BCUT2D eigenvalue weighted by atomic mass is 10.2. The molecular weight excluding hydrogens is 313 g/mol. The second-order valence-corrected chi connectivity index (χ2v) is 8.71. The Morgan fingerprint density at radius 3 is 2.81 bits per heavy atom. The first-order valence-corrected chi connectivity index (χ1v) is 9.60. The first-order valence-electron chi connectivity index (χ1n) is 6.73. The van der Waals surface area contributed by atoms with E-state index in [9.17, 15) is 17.6 Å². The van der Waals surface area contributed by atoms with Crippen LogP contribution in [0, 0.1) is 5.82 Å². The molecule has 0 radical (unpaired) electrons. The summed E-state index contributed by atoms with van der Waals surface area (Å²) < 4.78 is 36.2. The molecule has 2 rings (SSSR count). The van der Waals surface area contributed by atoms with Crippen molar-refractivity contribution >= 4 is 27.5 Å². The molecule has 4 nitrogen and oxygen atoms in total. The molecule has 116 valence electrons. The number of rotatable bonds is 5. The molecule has 1 aliphatic heterocycles. The van der Waals surface area contributed by atoms with Crippen molar-refractivity contribution < 1.29 is 17.6 Å². The lowest BCUT2D eigenvalue weighted by Crippen LogP contribution is -2.40. The van der Waals surface area contributed by atoms with Gasteiger partial charge in [-0.3, -0.25) is 4.79 Å². The van der Waals surface area contributed by atoms with Gasteiger partial charge in [0.15, 0.2) is 9.84 Å². The van der Waals surface area contributed by atoms with E-state index >= 15 is 0 Å². The lowest BCUT2D eigenvalue weighted by Gasteiger charge is -2.15. The summed E-state index contributed by atoms with van der Waals surface area (Å²) in [4.78, 5) is 12.0. The van der Waals surface area contributed by atoms with Gasteiger partial charge in [0.05, 0.1) is 16.8 Å². The quantitative estimate of drug-likeness (QED) is 0.893. The highest BCUT2D eigenvalue weighted by Gasteiger charge is 2.30. The minimum atomic E-state index is -3.00. The molecule has 1 aromatic rings. The molecule has 0 bridgehead atoms. The summed E-state index contributed by atoms with van der Waals surface area (Å²) in [5, 5.41) is 2.40. The van der Waals surface area contributed by atoms with Crippen LogP contribution >= 0.6 is 11.8 Å². The first kappa shape index (κ1) is 16.3. The van der Waals surface area contributed by atoms with Crippen LogP contribution in [0.15, 0.2) is 24.3 Å². The molecule has 1 N–H and O–H groups in total. The highest BCUT2D eigenvalue weighted by molar-refractivity contribution is 7.99.